The molecule has 0 aromatic heterocycles. The maximum absolute atomic E-state index is 6.06. The fraction of sp³-hybridized carbons (Fsp3) is 0.333. The molecule has 1 N–H and O–H groups in total. The maximum Gasteiger partial charge on any atom is 0.0549 e. The molecule has 0 radical (unpaired) electrons. The Morgan fingerprint density at radius 2 is 1.86 bits per heavy atom. The van der Waals surface area contributed by atoms with Crippen molar-refractivity contribution < 1.29 is 0 Å². The molecule has 0 spiro atoms. The van der Waals surface area contributed by atoms with Crippen LogP contribution in [0.4, 0.5) is 5.69 Å². The van der Waals surface area contributed by atoms with Crippen molar-refractivity contribution >= 4 is 33.2 Å². The predicted octanol–water partition coefficient (Wildman–Crippen LogP) is 6.84. The molecule has 0 saturated heterocycles. The normalized spacial score (nSPS) is 12.1. The van der Waals surface area contributed by atoms with Crippen molar-refractivity contribution in [3.63, 3.8) is 0 Å². The van der Waals surface area contributed by atoms with Crippen LogP contribution in [0.25, 0.3) is 0 Å². The summed E-state index contributed by atoms with van der Waals surface area (Å²) in [6, 6.07) is 17.0. The highest BCUT2D eigenvalue weighted by molar-refractivity contribution is 9.10. The molecule has 2 rings (SSSR count). The summed E-state index contributed by atoms with van der Waals surface area (Å²) in [7, 11) is 0. The van der Waals surface area contributed by atoms with Gasteiger partial charge >= 0.3 is 0 Å². The summed E-state index contributed by atoms with van der Waals surface area (Å²) in [5.74, 6) is 0. The van der Waals surface area contributed by atoms with E-state index in [1.165, 1.54) is 24.8 Å². The van der Waals surface area contributed by atoms with Crippen molar-refractivity contribution in [2.75, 3.05) is 5.32 Å². The lowest BCUT2D eigenvalue weighted by Gasteiger charge is -2.21. The first-order chi connectivity index (χ1) is 10.2. The van der Waals surface area contributed by atoms with E-state index < -0.39 is 0 Å². The number of hydrogen-bond donors (Lipinski definition) is 1. The molecule has 0 amide bonds. The van der Waals surface area contributed by atoms with Crippen molar-refractivity contribution in [3.05, 3.63) is 63.6 Å². The van der Waals surface area contributed by atoms with E-state index >= 15 is 0 Å². The minimum absolute atomic E-state index is 0.339. The van der Waals surface area contributed by atoms with Crippen LogP contribution in [0.1, 0.15) is 44.2 Å². The molecule has 3 heteroatoms. The van der Waals surface area contributed by atoms with Gasteiger partial charge in [0.05, 0.1) is 11.1 Å². The van der Waals surface area contributed by atoms with Crippen LogP contribution in [-0.4, -0.2) is 0 Å². The molecule has 0 heterocycles. The van der Waals surface area contributed by atoms with E-state index in [4.69, 9.17) is 11.6 Å². The zero-order chi connectivity index (χ0) is 15.1. The van der Waals surface area contributed by atoms with E-state index in [9.17, 15) is 0 Å². The third kappa shape index (κ3) is 5.05. The number of rotatable bonds is 7. The van der Waals surface area contributed by atoms with Crippen molar-refractivity contribution in [2.24, 2.45) is 0 Å². The molecular formula is C18H21BrClN. The monoisotopic (exact) mass is 365 g/mol. The number of halogens is 2. The Hall–Kier alpha value is -0.990. The van der Waals surface area contributed by atoms with E-state index in [1.807, 2.05) is 18.2 Å². The fourth-order valence-electron chi connectivity index (χ4n) is 2.39. The highest BCUT2D eigenvalue weighted by Crippen LogP contribution is 2.29. The minimum atomic E-state index is 0.339. The number of unbranched alkanes of at least 4 members (excludes halogenated alkanes) is 2. The molecule has 0 saturated carbocycles. The quantitative estimate of drug-likeness (QED) is 0.529. The Labute approximate surface area is 140 Å². The van der Waals surface area contributed by atoms with E-state index in [0.29, 0.717) is 6.04 Å². The van der Waals surface area contributed by atoms with Crippen LogP contribution < -0.4 is 5.32 Å². The molecule has 0 bridgehead atoms. The van der Waals surface area contributed by atoms with Crippen LogP contribution in [0.3, 0.4) is 0 Å². The lowest BCUT2D eigenvalue weighted by Crippen LogP contribution is -2.10. The highest BCUT2D eigenvalue weighted by atomic mass is 79.9. The zero-order valence-corrected chi connectivity index (χ0v) is 14.6. The third-order valence-corrected chi connectivity index (χ3v) is 4.77. The Morgan fingerprint density at radius 3 is 2.52 bits per heavy atom. The van der Waals surface area contributed by atoms with Gasteiger partial charge in [-0.05, 0) is 46.1 Å². The molecule has 1 unspecified atom stereocenters. The second-order valence-electron chi connectivity index (χ2n) is 5.23. The molecule has 0 aliphatic heterocycles. The lowest BCUT2D eigenvalue weighted by atomic mass is 10.00. The van der Waals surface area contributed by atoms with Crippen molar-refractivity contribution in [1.82, 2.24) is 0 Å². The molecule has 112 valence electrons. The van der Waals surface area contributed by atoms with E-state index in [-0.39, 0.29) is 0 Å². The van der Waals surface area contributed by atoms with Gasteiger partial charge in [-0.2, -0.15) is 0 Å². The molecule has 1 atom stereocenters. The van der Waals surface area contributed by atoms with Crippen molar-refractivity contribution in [2.45, 2.75) is 38.6 Å². The summed E-state index contributed by atoms with van der Waals surface area (Å²) in [6.45, 7) is 2.24. The summed E-state index contributed by atoms with van der Waals surface area (Å²) in [5, 5.41) is 4.37. The number of benzene rings is 2. The van der Waals surface area contributed by atoms with E-state index in [1.54, 1.807) is 0 Å². The second kappa shape index (κ2) is 8.45. The topological polar surface area (TPSA) is 12.0 Å². The van der Waals surface area contributed by atoms with Crippen LogP contribution in [0, 0.1) is 0 Å². The first kappa shape index (κ1) is 16.4. The fourth-order valence-corrected chi connectivity index (χ4v) is 2.89. The summed E-state index contributed by atoms with van der Waals surface area (Å²) in [5.41, 5.74) is 2.43. The molecule has 21 heavy (non-hydrogen) atoms. The first-order valence-corrected chi connectivity index (χ1v) is 8.64. The van der Waals surface area contributed by atoms with Gasteiger partial charge in [0.25, 0.3) is 0 Å². The Bertz CT molecular complexity index is 556. The molecular weight excluding hydrogens is 346 g/mol. The molecule has 2 aromatic carbocycles. The van der Waals surface area contributed by atoms with Gasteiger partial charge in [-0.1, -0.05) is 68.1 Å². The van der Waals surface area contributed by atoms with Gasteiger partial charge in [-0.15, -0.1) is 0 Å². The Balaban J connectivity index is 2.13. The SMILES string of the molecule is CCCCCC(Nc1ccc(Cl)c(Br)c1)c1ccccc1. The summed E-state index contributed by atoms with van der Waals surface area (Å²) < 4.78 is 0.925. The number of anilines is 1. The second-order valence-corrected chi connectivity index (χ2v) is 6.49. The Morgan fingerprint density at radius 1 is 1.10 bits per heavy atom. The van der Waals surface area contributed by atoms with Crippen molar-refractivity contribution in [3.8, 4) is 0 Å². The van der Waals surface area contributed by atoms with E-state index in [0.717, 1.165) is 21.6 Å². The van der Waals surface area contributed by atoms with Gasteiger partial charge < -0.3 is 5.32 Å². The highest BCUT2D eigenvalue weighted by Gasteiger charge is 2.11. The van der Waals surface area contributed by atoms with Gasteiger partial charge in [-0.3, -0.25) is 0 Å². The largest absolute Gasteiger partial charge is 0.378 e. The summed E-state index contributed by atoms with van der Waals surface area (Å²) in [6.07, 6.45) is 4.89. The molecule has 0 fully saturated rings. The number of hydrogen-bond acceptors (Lipinski definition) is 1. The summed E-state index contributed by atoms with van der Waals surface area (Å²) >= 11 is 9.55. The zero-order valence-electron chi connectivity index (χ0n) is 12.3. The van der Waals surface area contributed by atoms with E-state index in [2.05, 4.69) is 58.5 Å². The molecule has 0 aliphatic rings. The number of nitrogens with one attached hydrogen (secondary N) is 1. The summed E-state index contributed by atoms with van der Waals surface area (Å²) in [4.78, 5) is 0. The average Bonchev–Trinajstić information content (AvgIpc) is 2.51. The lowest BCUT2D eigenvalue weighted by molar-refractivity contribution is 0.606. The smallest absolute Gasteiger partial charge is 0.0549 e. The third-order valence-electron chi connectivity index (χ3n) is 3.56. The van der Waals surface area contributed by atoms with Gasteiger partial charge in [0.1, 0.15) is 0 Å². The molecule has 0 aliphatic carbocycles. The van der Waals surface area contributed by atoms with Crippen LogP contribution >= 0.6 is 27.5 Å². The van der Waals surface area contributed by atoms with Gasteiger partial charge in [0.2, 0.25) is 0 Å². The van der Waals surface area contributed by atoms with Gasteiger partial charge in [-0.25, -0.2) is 0 Å². The molecule has 2 aromatic rings. The van der Waals surface area contributed by atoms with Crippen LogP contribution in [0.15, 0.2) is 53.0 Å². The van der Waals surface area contributed by atoms with Crippen LogP contribution in [0.2, 0.25) is 5.02 Å². The minimum Gasteiger partial charge on any atom is -0.378 e. The Kier molecular flexibility index (Phi) is 6.59. The molecule has 1 nitrogen and oxygen atoms in total. The van der Waals surface area contributed by atoms with Gasteiger partial charge in [0.15, 0.2) is 0 Å². The standard InChI is InChI=1S/C18H21BrClN/c1-2-3-5-10-18(14-8-6-4-7-9-14)21-15-11-12-17(20)16(19)13-15/h4,6-9,11-13,18,21H,2-3,5,10H2,1H3. The van der Waals surface area contributed by atoms with Crippen LogP contribution in [-0.2, 0) is 0 Å². The van der Waals surface area contributed by atoms with Crippen LogP contribution in [0.5, 0.6) is 0 Å². The average molecular weight is 367 g/mol. The maximum atomic E-state index is 6.06. The van der Waals surface area contributed by atoms with Gasteiger partial charge in [0, 0.05) is 10.2 Å². The first-order valence-electron chi connectivity index (χ1n) is 7.47. The van der Waals surface area contributed by atoms with Crippen molar-refractivity contribution in [1.29, 1.82) is 0 Å². The predicted molar refractivity (Wildman–Crippen MR) is 96.1 cm³/mol.